The molecule has 1 saturated heterocycles. The van der Waals surface area contributed by atoms with E-state index in [1.165, 1.54) is 5.56 Å². The van der Waals surface area contributed by atoms with Crippen molar-refractivity contribution in [1.82, 2.24) is 15.1 Å². The van der Waals surface area contributed by atoms with Gasteiger partial charge in [-0.3, -0.25) is 9.48 Å². The second-order valence-corrected chi connectivity index (χ2v) is 7.84. The summed E-state index contributed by atoms with van der Waals surface area (Å²) in [5.41, 5.74) is 2.74. The van der Waals surface area contributed by atoms with Crippen LogP contribution in [0.3, 0.4) is 0 Å². The Hall–Kier alpha value is -1.85. The van der Waals surface area contributed by atoms with Crippen molar-refractivity contribution >= 4 is 24.0 Å². The maximum absolute atomic E-state index is 12.8. The third-order valence-corrected chi connectivity index (χ3v) is 4.90. The van der Waals surface area contributed by atoms with Gasteiger partial charge < -0.3 is 10.2 Å². The molecule has 1 amide bonds. The number of amides is 1. The lowest BCUT2D eigenvalue weighted by Gasteiger charge is -2.23. The number of aromatic nitrogens is 2. The van der Waals surface area contributed by atoms with Crippen LogP contribution in [-0.4, -0.2) is 35.8 Å². The van der Waals surface area contributed by atoms with Gasteiger partial charge in [-0.25, -0.2) is 0 Å². The Bertz CT molecular complexity index is 727. The Balaban J connectivity index is 0.00000243. The van der Waals surface area contributed by atoms with Gasteiger partial charge in [0.25, 0.3) is 5.91 Å². The number of hydrogen-bond acceptors (Lipinski definition) is 3. The summed E-state index contributed by atoms with van der Waals surface area (Å²) >= 11 is 0. The number of nitrogens with zero attached hydrogens (tertiary/aromatic N) is 3. The number of hydrogen-bond donors (Lipinski definition) is 1. The summed E-state index contributed by atoms with van der Waals surface area (Å²) in [7, 11) is 1.80. The quantitative estimate of drug-likeness (QED) is 0.886. The zero-order chi connectivity index (χ0) is 18.0. The minimum Gasteiger partial charge on any atom is -0.315 e. The van der Waals surface area contributed by atoms with Crippen molar-refractivity contribution in [1.29, 1.82) is 0 Å². The number of carbonyl (C=O) groups excluding carboxylic acids is 1. The maximum Gasteiger partial charge on any atom is 0.278 e. The highest BCUT2D eigenvalue weighted by molar-refractivity contribution is 6.04. The smallest absolute Gasteiger partial charge is 0.278 e. The lowest BCUT2D eigenvalue weighted by Crippen LogP contribution is -2.32. The van der Waals surface area contributed by atoms with Crippen molar-refractivity contribution in [2.45, 2.75) is 45.1 Å². The fraction of sp³-hybridized carbons (Fsp3) is 0.500. The summed E-state index contributed by atoms with van der Waals surface area (Å²) in [6.07, 6.45) is 4.17. The molecule has 1 aliphatic rings. The molecular weight excluding hydrogens is 348 g/mol. The van der Waals surface area contributed by atoms with E-state index in [0.29, 0.717) is 11.7 Å². The van der Waals surface area contributed by atoms with E-state index < -0.39 is 0 Å². The van der Waals surface area contributed by atoms with Gasteiger partial charge in [-0.2, -0.15) is 5.10 Å². The van der Waals surface area contributed by atoms with E-state index >= 15 is 0 Å². The first-order valence-corrected chi connectivity index (χ1v) is 9.01. The summed E-state index contributed by atoms with van der Waals surface area (Å²) < 4.78 is 1.93. The molecule has 2 heterocycles. The number of halogens is 1. The van der Waals surface area contributed by atoms with Crippen LogP contribution < -0.4 is 10.2 Å². The molecule has 0 aliphatic carbocycles. The number of anilines is 1. The summed E-state index contributed by atoms with van der Waals surface area (Å²) in [5, 5.41) is 7.90. The molecule has 0 bridgehead atoms. The average Bonchev–Trinajstić information content (AvgIpc) is 3.11. The monoisotopic (exact) mass is 376 g/mol. The van der Waals surface area contributed by atoms with Crippen LogP contribution in [0.1, 0.15) is 55.7 Å². The molecule has 1 aromatic carbocycles. The second-order valence-electron chi connectivity index (χ2n) is 7.84. The molecule has 1 atom stereocenters. The van der Waals surface area contributed by atoms with Crippen LogP contribution in [0.4, 0.5) is 5.69 Å². The van der Waals surface area contributed by atoms with Gasteiger partial charge in [0.2, 0.25) is 0 Å². The van der Waals surface area contributed by atoms with Gasteiger partial charge >= 0.3 is 0 Å². The minimum atomic E-state index is -0.0778. The lowest BCUT2D eigenvalue weighted by atomic mass is 9.87. The molecule has 1 aliphatic heterocycles. The molecule has 0 spiro atoms. The van der Waals surface area contributed by atoms with E-state index in [1.807, 2.05) is 29.1 Å². The first kappa shape index (κ1) is 20.5. The van der Waals surface area contributed by atoms with E-state index in [9.17, 15) is 4.79 Å². The third kappa shape index (κ3) is 4.46. The van der Waals surface area contributed by atoms with Crippen molar-refractivity contribution in [3.63, 3.8) is 0 Å². The predicted octanol–water partition coefficient (Wildman–Crippen LogP) is 3.80. The van der Waals surface area contributed by atoms with E-state index in [0.717, 1.165) is 31.6 Å². The van der Waals surface area contributed by atoms with Crippen molar-refractivity contribution in [3.8, 4) is 0 Å². The third-order valence-electron chi connectivity index (χ3n) is 4.90. The van der Waals surface area contributed by atoms with Gasteiger partial charge in [-0.1, -0.05) is 32.9 Å². The Morgan fingerprint density at radius 2 is 1.92 bits per heavy atom. The number of carbonyl (C=O) groups is 1. The molecule has 0 radical (unpaired) electrons. The Kier molecular flexibility index (Phi) is 6.48. The van der Waals surface area contributed by atoms with E-state index in [1.54, 1.807) is 11.9 Å². The number of piperidine rings is 1. The fourth-order valence-corrected chi connectivity index (χ4v) is 3.19. The van der Waals surface area contributed by atoms with Crippen molar-refractivity contribution in [3.05, 3.63) is 47.8 Å². The molecule has 1 aromatic heterocycles. The summed E-state index contributed by atoms with van der Waals surface area (Å²) in [5.74, 6) is -0.0778. The molecule has 1 unspecified atom stereocenters. The molecule has 6 heteroatoms. The van der Waals surface area contributed by atoms with Crippen LogP contribution in [0, 0.1) is 0 Å². The van der Waals surface area contributed by atoms with Crippen molar-refractivity contribution in [2.75, 3.05) is 25.0 Å². The SMILES string of the molecule is CN(C(=O)c1ccn(C2CCCNC2)n1)c1ccc(C(C)(C)C)cc1.Cl. The molecule has 142 valence electrons. The first-order valence-electron chi connectivity index (χ1n) is 9.01. The van der Waals surface area contributed by atoms with Crippen LogP contribution in [0.25, 0.3) is 0 Å². The summed E-state index contributed by atoms with van der Waals surface area (Å²) in [6.45, 7) is 8.53. The molecule has 0 saturated carbocycles. The number of benzene rings is 1. The van der Waals surface area contributed by atoms with Crippen LogP contribution in [-0.2, 0) is 5.41 Å². The van der Waals surface area contributed by atoms with Gasteiger partial charge in [0.1, 0.15) is 0 Å². The predicted molar refractivity (Wildman–Crippen MR) is 108 cm³/mol. The van der Waals surface area contributed by atoms with Crippen LogP contribution >= 0.6 is 12.4 Å². The zero-order valence-electron chi connectivity index (χ0n) is 16.0. The average molecular weight is 377 g/mol. The van der Waals surface area contributed by atoms with Gasteiger partial charge in [-0.05, 0) is 48.6 Å². The highest BCUT2D eigenvalue weighted by Crippen LogP contribution is 2.25. The Labute approximate surface area is 162 Å². The minimum absolute atomic E-state index is 0. The normalized spacial score (nSPS) is 17.5. The largest absolute Gasteiger partial charge is 0.315 e. The molecule has 1 fully saturated rings. The topological polar surface area (TPSA) is 50.2 Å². The second kappa shape index (κ2) is 8.23. The molecule has 26 heavy (non-hydrogen) atoms. The number of rotatable bonds is 3. The van der Waals surface area contributed by atoms with Crippen LogP contribution in [0.2, 0.25) is 0 Å². The van der Waals surface area contributed by atoms with Crippen LogP contribution in [0.5, 0.6) is 0 Å². The van der Waals surface area contributed by atoms with E-state index in [-0.39, 0.29) is 23.7 Å². The lowest BCUT2D eigenvalue weighted by molar-refractivity contribution is 0.0987. The zero-order valence-corrected chi connectivity index (χ0v) is 16.8. The Morgan fingerprint density at radius 3 is 2.50 bits per heavy atom. The molecule has 5 nitrogen and oxygen atoms in total. The maximum atomic E-state index is 12.8. The molecule has 1 N–H and O–H groups in total. The Morgan fingerprint density at radius 1 is 1.23 bits per heavy atom. The van der Waals surface area contributed by atoms with Crippen LogP contribution in [0.15, 0.2) is 36.5 Å². The standard InChI is InChI=1S/C20H28N4O.ClH/c1-20(2,3)15-7-9-16(10-8-15)23(4)19(25)18-11-13-24(22-18)17-6-5-12-21-14-17;/h7-11,13,17,21H,5-6,12,14H2,1-4H3;1H. The van der Waals surface area contributed by atoms with Gasteiger partial charge in [0.15, 0.2) is 5.69 Å². The molecule has 2 aromatic rings. The van der Waals surface area contributed by atoms with Crippen molar-refractivity contribution in [2.24, 2.45) is 0 Å². The molecule has 3 rings (SSSR count). The van der Waals surface area contributed by atoms with Gasteiger partial charge in [-0.15, -0.1) is 12.4 Å². The number of nitrogens with one attached hydrogen (secondary N) is 1. The highest BCUT2D eigenvalue weighted by atomic mass is 35.5. The summed E-state index contributed by atoms with van der Waals surface area (Å²) in [6, 6.07) is 10.3. The first-order chi connectivity index (χ1) is 11.9. The van der Waals surface area contributed by atoms with Gasteiger partial charge in [0.05, 0.1) is 6.04 Å². The van der Waals surface area contributed by atoms with Gasteiger partial charge in [0, 0.05) is 25.5 Å². The highest BCUT2D eigenvalue weighted by Gasteiger charge is 2.21. The molecular formula is C20H29ClN4O. The van der Waals surface area contributed by atoms with Crippen molar-refractivity contribution < 1.29 is 4.79 Å². The van der Waals surface area contributed by atoms with E-state index in [2.05, 4.69) is 43.3 Å². The summed E-state index contributed by atoms with van der Waals surface area (Å²) in [4.78, 5) is 14.4. The fourth-order valence-electron chi connectivity index (χ4n) is 3.19. The van der Waals surface area contributed by atoms with E-state index in [4.69, 9.17) is 0 Å².